The van der Waals surface area contributed by atoms with Crippen molar-refractivity contribution in [1.29, 1.82) is 0 Å². The van der Waals surface area contributed by atoms with Crippen LogP contribution in [0.3, 0.4) is 0 Å². The molecule has 3 heterocycles. The number of hydrogen-bond acceptors (Lipinski definition) is 6. The number of ether oxygens (including phenoxy) is 1. The number of methoxy groups -OCH3 is 1. The first-order valence-corrected chi connectivity index (χ1v) is 10.2. The van der Waals surface area contributed by atoms with E-state index in [9.17, 15) is 18.8 Å². The van der Waals surface area contributed by atoms with Crippen LogP contribution in [0.5, 0.6) is 5.75 Å². The summed E-state index contributed by atoms with van der Waals surface area (Å²) in [4.78, 5) is 50.1. The Kier molecular flexibility index (Phi) is 5.71. The van der Waals surface area contributed by atoms with Crippen molar-refractivity contribution in [2.75, 3.05) is 44.7 Å². The third-order valence-corrected chi connectivity index (χ3v) is 5.78. The van der Waals surface area contributed by atoms with Gasteiger partial charge in [0.1, 0.15) is 5.75 Å². The first-order valence-electron chi connectivity index (χ1n) is 10.2. The summed E-state index contributed by atoms with van der Waals surface area (Å²) in [5.74, 6) is -0.565. The van der Waals surface area contributed by atoms with Crippen molar-refractivity contribution < 1.29 is 23.5 Å². The van der Waals surface area contributed by atoms with Gasteiger partial charge >= 0.3 is 0 Å². The van der Waals surface area contributed by atoms with Crippen molar-refractivity contribution in [2.45, 2.75) is 19.5 Å². The van der Waals surface area contributed by atoms with E-state index in [2.05, 4.69) is 9.98 Å². The normalized spacial score (nSPS) is 24.3. The maximum Gasteiger partial charge on any atom is 0.289 e. The average molecular weight is 429 g/mol. The number of anilines is 1. The molecule has 0 N–H and O–H groups in total. The summed E-state index contributed by atoms with van der Waals surface area (Å²) in [7, 11) is 1.56. The van der Waals surface area contributed by atoms with Gasteiger partial charge in [-0.1, -0.05) is 6.07 Å². The zero-order chi connectivity index (χ0) is 22.1. The average Bonchev–Trinajstić information content (AvgIpc) is 3.18. The molecule has 2 unspecified atom stereocenters. The Bertz CT molecular complexity index is 970. The number of benzene rings is 1. The SMILES string of the molecule is COc1cccc(N2CC(C(=O)N3CCN(C4=NC(=O)C(F)C(C)=N4)CC3)CC2=O)c1. The number of aliphatic imine (C=N–C) groups is 2. The Morgan fingerprint density at radius 3 is 2.58 bits per heavy atom. The van der Waals surface area contributed by atoms with Crippen molar-refractivity contribution in [1.82, 2.24) is 9.80 Å². The molecule has 3 aliphatic rings. The van der Waals surface area contributed by atoms with Crippen molar-refractivity contribution in [2.24, 2.45) is 15.9 Å². The number of alkyl halides is 1. The Morgan fingerprint density at radius 2 is 1.90 bits per heavy atom. The van der Waals surface area contributed by atoms with Gasteiger partial charge in [0, 0.05) is 50.9 Å². The number of amides is 3. The number of carbonyl (C=O) groups excluding carboxylic acids is 3. The van der Waals surface area contributed by atoms with Crippen molar-refractivity contribution in [3.63, 3.8) is 0 Å². The highest BCUT2D eigenvalue weighted by molar-refractivity contribution is 6.16. The van der Waals surface area contributed by atoms with Crippen molar-refractivity contribution in [3.05, 3.63) is 24.3 Å². The smallest absolute Gasteiger partial charge is 0.289 e. The van der Waals surface area contributed by atoms with Crippen LogP contribution in [0.4, 0.5) is 10.1 Å². The van der Waals surface area contributed by atoms with Crippen LogP contribution in [0.25, 0.3) is 0 Å². The molecule has 2 atom stereocenters. The first-order chi connectivity index (χ1) is 14.9. The van der Waals surface area contributed by atoms with E-state index in [1.165, 1.54) is 6.92 Å². The van der Waals surface area contributed by atoms with E-state index in [-0.39, 0.29) is 29.9 Å². The molecule has 164 valence electrons. The van der Waals surface area contributed by atoms with Gasteiger partial charge in [-0.2, -0.15) is 4.99 Å². The lowest BCUT2D eigenvalue weighted by Crippen LogP contribution is -2.52. The first kappa shape index (κ1) is 21.0. The third kappa shape index (κ3) is 4.14. The highest BCUT2D eigenvalue weighted by Gasteiger charge is 2.38. The topological polar surface area (TPSA) is 94.9 Å². The van der Waals surface area contributed by atoms with Crippen LogP contribution in [0.2, 0.25) is 0 Å². The van der Waals surface area contributed by atoms with E-state index >= 15 is 0 Å². The largest absolute Gasteiger partial charge is 0.497 e. The lowest BCUT2D eigenvalue weighted by molar-refractivity contribution is -0.137. The van der Waals surface area contributed by atoms with E-state index in [1.807, 2.05) is 12.1 Å². The lowest BCUT2D eigenvalue weighted by atomic mass is 10.1. The van der Waals surface area contributed by atoms with Crippen LogP contribution in [-0.2, 0) is 14.4 Å². The van der Waals surface area contributed by atoms with E-state index in [0.29, 0.717) is 44.2 Å². The van der Waals surface area contributed by atoms with Crippen LogP contribution >= 0.6 is 0 Å². The van der Waals surface area contributed by atoms with E-state index in [1.54, 1.807) is 33.9 Å². The van der Waals surface area contributed by atoms with Gasteiger partial charge in [-0.05, 0) is 19.1 Å². The maximum atomic E-state index is 13.6. The van der Waals surface area contributed by atoms with Gasteiger partial charge in [0.05, 0.1) is 18.7 Å². The summed E-state index contributed by atoms with van der Waals surface area (Å²) >= 11 is 0. The quantitative estimate of drug-likeness (QED) is 0.711. The molecule has 31 heavy (non-hydrogen) atoms. The molecular weight excluding hydrogens is 405 g/mol. The second-order valence-corrected chi connectivity index (χ2v) is 7.78. The van der Waals surface area contributed by atoms with Gasteiger partial charge < -0.3 is 19.4 Å². The number of carbonyl (C=O) groups is 3. The second-order valence-electron chi connectivity index (χ2n) is 7.78. The molecule has 1 aromatic carbocycles. The summed E-state index contributed by atoms with van der Waals surface area (Å²) < 4.78 is 18.8. The molecule has 0 spiro atoms. The zero-order valence-corrected chi connectivity index (χ0v) is 17.5. The molecule has 9 nitrogen and oxygen atoms in total. The number of piperazine rings is 1. The Labute approximate surface area is 179 Å². The lowest BCUT2D eigenvalue weighted by Gasteiger charge is -2.36. The molecule has 4 rings (SSSR count). The summed E-state index contributed by atoms with van der Waals surface area (Å²) in [5.41, 5.74) is 0.805. The molecule has 3 aliphatic heterocycles. The molecule has 10 heteroatoms. The second kappa shape index (κ2) is 8.44. The van der Waals surface area contributed by atoms with Crippen molar-refractivity contribution in [3.8, 4) is 5.75 Å². The zero-order valence-electron chi connectivity index (χ0n) is 17.5. The van der Waals surface area contributed by atoms with Gasteiger partial charge in [-0.3, -0.25) is 14.4 Å². The maximum absolute atomic E-state index is 13.6. The number of hydrogen-bond donors (Lipinski definition) is 0. The summed E-state index contributed by atoms with van der Waals surface area (Å²) in [6, 6.07) is 7.21. The number of nitrogens with zero attached hydrogens (tertiary/aromatic N) is 5. The summed E-state index contributed by atoms with van der Waals surface area (Å²) in [5, 5.41) is 0. The van der Waals surface area contributed by atoms with Gasteiger partial charge in [0.15, 0.2) is 0 Å². The third-order valence-electron chi connectivity index (χ3n) is 5.78. The fraction of sp³-hybridized carbons (Fsp3) is 0.476. The Morgan fingerprint density at radius 1 is 1.16 bits per heavy atom. The highest BCUT2D eigenvalue weighted by atomic mass is 19.1. The van der Waals surface area contributed by atoms with Crippen LogP contribution in [0.1, 0.15) is 13.3 Å². The van der Waals surface area contributed by atoms with Crippen LogP contribution in [0, 0.1) is 5.92 Å². The fourth-order valence-electron chi connectivity index (χ4n) is 4.00. The highest BCUT2D eigenvalue weighted by Crippen LogP contribution is 2.29. The summed E-state index contributed by atoms with van der Waals surface area (Å²) in [6.07, 6.45) is -1.61. The molecule has 2 saturated heterocycles. The molecule has 2 fully saturated rings. The fourth-order valence-corrected chi connectivity index (χ4v) is 4.00. The number of guanidine groups is 1. The molecule has 3 amide bonds. The van der Waals surface area contributed by atoms with Crippen LogP contribution < -0.4 is 9.64 Å². The molecule has 0 bridgehead atoms. The molecule has 0 saturated carbocycles. The van der Waals surface area contributed by atoms with Crippen molar-refractivity contribution >= 4 is 35.1 Å². The van der Waals surface area contributed by atoms with E-state index in [4.69, 9.17) is 4.74 Å². The van der Waals surface area contributed by atoms with Gasteiger partial charge in [0.2, 0.25) is 23.9 Å². The van der Waals surface area contributed by atoms with Gasteiger partial charge in [-0.25, -0.2) is 9.38 Å². The van der Waals surface area contributed by atoms with Crippen LogP contribution in [-0.4, -0.2) is 85.2 Å². The molecule has 0 aromatic heterocycles. The molecule has 1 aromatic rings. The van der Waals surface area contributed by atoms with Crippen LogP contribution in [0.15, 0.2) is 34.3 Å². The number of rotatable bonds is 3. The predicted molar refractivity (Wildman–Crippen MR) is 112 cm³/mol. The predicted octanol–water partition coefficient (Wildman–Crippen LogP) is 0.887. The molecule has 0 aliphatic carbocycles. The molecular formula is C21H24FN5O4. The minimum absolute atomic E-state index is 0.0661. The minimum atomic E-state index is -1.78. The Balaban J connectivity index is 1.37. The van der Waals surface area contributed by atoms with E-state index in [0.717, 1.165) is 0 Å². The monoisotopic (exact) mass is 429 g/mol. The van der Waals surface area contributed by atoms with Gasteiger partial charge in [-0.15, -0.1) is 0 Å². The number of halogens is 1. The van der Waals surface area contributed by atoms with Gasteiger partial charge in [0.25, 0.3) is 5.91 Å². The Hall–Kier alpha value is -3.30. The molecule has 0 radical (unpaired) electrons. The minimum Gasteiger partial charge on any atom is -0.497 e. The summed E-state index contributed by atoms with van der Waals surface area (Å²) in [6.45, 7) is 3.50. The standard InChI is InChI=1S/C21H24FN5O4/c1-13-18(22)19(29)24-21(23-13)26-8-6-25(7-9-26)20(30)14-10-17(28)27(12-14)15-4-3-5-16(11-15)31-2/h3-5,11,14,18H,6-10,12H2,1-2H3. The van der Waals surface area contributed by atoms with E-state index < -0.39 is 18.0 Å².